The quantitative estimate of drug-likeness (QED) is 0.585. The van der Waals surface area contributed by atoms with Gasteiger partial charge in [0.05, 0.1) is 19.1 Å². The van der Waals surface area contributed by atoms with Gasteiger partial charge >= 0.3 is 5.97 Å². The molecule has 2 bridgehead atoms. The van der Waals surface area contributed by atoms with Crippen molar-refractivity contribution in [2.45, 2.75) is 25.4 Å². The summed E-state index contributed by atoms with van der Waals surface area (Å²) in [5.74, 6) is 0.585. The van der Waals surface area contributed by atoms with Gasteiger partial charge in [-0.3, -0.25) is 4.79 Å². The molecular weight excluding hydrogens is 156 g/mol. The number of carbonyl (C=O) groups is 1. The molecule has 2 rings (SSSR count). The van der Waals surface area contributed by atoms with Gasteiger partial charge in [0.25, 0.3) is 0 Å². The Labute approximate surface area is 71.7 Å². The molecule has 2 aliphatic rings. The molecule has 0 aliphatic heterocycles. The molecule has 0 aromatic heterocycles. The van der Waals surface area contributed by atoms with Gasteiger partial charge in [-0.05, 0) is 31.1 Å². The predicted molar refractivity (Wildman–Crippen MR) is 42.3 cm³/mol. The third-order valence-corrected chi connectivity index (χ3v) is 3.28. The maximum Gasteiger partial charge on any atom is 0.309 e. The molecule has 12 heavy (non-hydrogen) atoms. The van der Waals surface area contributed by atoms with Gasteiger partial charge < -0.3 is 9.84 Å². The highest BCUT2D eigenvalue weighted by atomic mass is 16.5. The van der Waals surface area contributed by atoms with Crippen molar-refractivity contribution < 1.29 is 14.6 Å². The molecule has 0 spiro atoms. The van der Waals surface area contributed by atoms with E-state index in [2.05, 4.69) is 4.74 Å². The Hall–Kier alpha value is -0.570. The van der Waals surface area contributed by atoms with Crippen LogP contribution in [0.25, 0.3) is 0 Å². The molecule has 2 saturated carbocycles. The fraction of sp³-hybridized carbons (Fsp3) is 0.889. The summed E-state index contributed by atoms with van der Waals surface area (Å²) in [6.45, 7) is 0. The summed E-state index contributed by atoms with van der Waals surface area (Å²) in [5.41, 5.74) is 0. The summed E-state index contributed by atoms with van der Waals surface area (Å²) in [6.07, 6.45) is 2.57. The number of methoxy groups -OCH3 is 1. The summed E-state index contributed by atoms with van der Waals surface area (Å²) >= 11 is 0. The molecule has 0 unspecified atom stereocenters. The van der Waals surface area contributed by atoms with Gasteiger partial charge in [-0.15, -0.1) is 0 Å². The minimum absolute atomic E-state index is 0.0243. The first-order valence-electron chi connectivity index (χ1n) is 4.48. The average molecular weight is 170 g/mol. The number of rotatable bonds is 1. The zero-order valence-corrected chi connectivity index (χ0v) is 7.19. The highest BCUT2D eigenvalue weighted by Crippen LogP contribution is 2.48. The van der Waals surface area contributed by atoms with E-state index in [1.165, 1.54) is 7.11 Å². The van der Waals surface area contributed by atoms with Gasteiger partial charge in [0.15, 0.2) is 0 Å². The second-order valence-electron chi connectivity index (χ2n) is 3.93. The first-order chi connectivity index (χ1) is 5.72. The number of carbonyl (C=O) groups excluding carboxylic acids is 1. The second kappa shape index (κ2) is 2.73. The molecule has 0 heterocycles. The summed E-state index contributed by atoms with van der Waals surface area (Å²) in [4.78, 5) is 11.2. The van der Waals surface area contributed by atoms with Gasteiger partial charge in [-0.25, -0.2) is 0 Å². The summed E-state index contributed by atoms with van der Waals surface area (Å²) in [6, 6.07) is 0. The van der Waals surface area contributed by atoms with Crippen LogP contribution in [0.2, 0.25) is 0 Å². The maximum atomic E-state index is 11.2. The van der Waals surface area contributed by atoms with Crippen LogP contribution < -0.4 is 0 Å². The lowest BCUT2D eigenvalue weighted by Gasteiger charge is -2.23. The molecule has 3 nitrogen and oxygen atoms in total. The van der Waals surface area contributed by atoms with E-state index in [1.807, 2.05) is 0 Å². The molecule has 0 radical (unpaired) electrons. The number of ether oxygens (including phenoxy) is 1. The van der Waals surface area contributed by atoms with E-state index >= 15 is 0 Å². The largest absolute Gasteiger partial charge is 0.469 e. The van der Waals surface area contributed by atoms with Crippen LogP contribution >= 0.6 is 0 Å². The van der Waals surface area contributed by atoms with E-state index < -0.39 is 0 Å². The van der Waals surface area contributed by atoms with Crippen molar-refractivity contribution >= 4 is 5.97 Å². The van der Waals surface area contributed by atoms with Crippen molar-refractivity contribution in [3.63, 3.8) is 0 Å². The molecule has 1 N–H and O–H groups in total. The minimum atomic E-state index is -0.257. The lowest BCUT2D eigenvalue weighted by atomic mass is 9.87. The number of aliphatic hydroxyl groups is 1. The standard InChI is InChI=1S/C9H14O3/c1-12-9(11)7-3-5-2-6(7)8(10)4-5/h5-8,10H,2-4H2,1H3/t5-,6+,7+,8-/m0/s1. The summed E-state index contributed by atoms with van der Waals surface area (Å²) in [7, 11) is 1.42. The van der Waals surface area contributed by atoms with E-state index in [4.69, 9.17) is 0 Å². The van der Waals surface area contributed by atoms with Crippen molar-refractivity contribution in [2.75, 3.05) is 7.11 Å². The molecule has 0 aromatic rings. The second-order valence-corrected chi connectivity index (χ2v) is 3.93. The van der Waals surface area contributed by atoms with Crippen molar-refractivity contribution in [2.24, 2.45) is 17.8 Å². The van der Waals surface area contributed by atoms with Gasteiger partial charge in [-0.1, -0.05) is 0 Å². The molecule has 3 heteroatoms. The lowest BCUT2D eigenvalue weighted by molar-refractivity contribution is -0.149. The highest BCUT2D eigenvalue weighted by Gasteiger charge is 2.48. The molecular formula is C9H14O3. The zero-order chi connectivity index (χ0) is 8.72. The first kappa shape index (κ1) is 8.05. The van der Waals surface area contributed by atoms with Gasteiger partial charge in [-0.2, -0.15) is 0 Å². The highest BCUT2D eigenvalue weighted by molar-refractivity contribution is 5.73. The smallest absolute Gasteiger partial charge is 0.309 e. The average Bonchev–Trinajstić information content (AvgIpc) is 2.60. The number of hydrogen-bond donors (Lipinski definition) is 1. The normalized spacial score (nSPS) is 44.8. The minimum Gasteiger partial charge on any atom is -0.469 e. The number of fused-ring (bicyclic) bond motifs is 2. The Balaban J connectivity index is 2.07. The Morgan fingerprint density at radius 1 is 1.42 bits per heavy atom. The van der Waals surface area contributed by atoms with Crippen molar-refractivity contribution in [3.05, 3.63) is 0 Å². The van der Waals surface area contributed by atoms with E-state index in [-0.39, 0.29) is 23.9 Å². The molecule has 4 atom stereocenters. The van der Waals surface area contributed by atoms with Crippen molar-refractivity contribution in [3.8, 4) is 0 Å². The topological polar surface area (TPSA) is 46.5 Å². The van der Waals surface area contributed by atoms with Crippen LogP contribution in [0, 0.1) is 17.8 Å². The fourth-order valence-corrected chi connectivity index (χ4v) is 2.74. The van der Waals surface area contributed by atoms with Gasteiger partial charge in [0, 0.05) is 0 Å². The Morgan fingerprint density at radius 3 is 2.67 bits per heavy atom. The molecule has 0 amide bonds. The van der Waals surface area contributed by atoms with Crippen LogP contribution in [0.1, 0.15) is 19.3 Å². The number of aliphatic hydroxyl groups excluding tert-OH is 1. The molecule has 2 fully saturated rings. The van der Waals surface area contributed by atoms with Crippen LogP contribution in [0.3, 0.4) is 0 Å². The van der Waals surface area contributed by atoms with Crippen molar-refractivity contribution in [1.29, 1.82) is 0 Å². The number of hydrogen-bond acceptors (Lipinski definition) is 3. The first-order valence-corrected chi connectivity index (χ1v) is 4.48. The van der Waals surface area contributed by atoms with Gasteiger partial charge in [0.2, 0.25) is 0 Å². The Morgan fingerprint density at radius 2 is 2.17 bits per heavy atom. The Bertz CT molecular complexity index is 202. The van der Waals surface area contributed by atoms with Crippen LogP contribution in [0.5, 0.6) is 0 Å². The summed E-state index contributed by atoms with van der Waals surface area (Å²) in [5, 5.41) is 9.53. The van der Waals surface area contributed by atoms with Crippen LogP contribution in [0.4, 0.5) is 0 Å². The SMILES string of the molecule is COC(=O)[C@@H]1C[C@@H]2C[C@H]1[C@@H](O)C2. The predicted octanol–water partition coefficient (Wildman–Crippen LogP) is 0.566. The lowest BCUT2D eigenvalue weighted by Crippen LogP contribution is -2.30. The van der Waals surface area contributed by atoms with Crippen molar-refractivity contribution in [1.82, 2.24) is 0 Å². The molecule has 68 valence electrons. The monoisotopic (exact) mass is 170 g/mol. The summed E-state index contributed by atoms with van der Waals surface area (Å²) < 4.78 is 4.69. The van der Waals surface area contributed by atoms with E-state index in [1.54, 1.807) is 0 Å². The number of esters is 1. The van der Waals surface area contributed by atoms with Crippen LogP contribution in [-0.4, -0.2) is 24.3 Å². The van der Waals surface area contributed by atoms with E-state index in [9.17, 15) is 9.90 Å². The Kier molecular flexibility index (Phi) is 1.83. The molecule has 0 saturated heterocycles. The van der Waals surface area contributed by atoms with Crippen LogP contribution in [-0.2, 0) is 9.53 Å². The van der Waals surface area contributed by atoms with E-state index in [0.29, 0.717) is 5.92 Å². The third-order valence-electron chi connectivity index (χ3n) is 3.28. The van der Waals surface area contributed by atoms with Crippen LogP contribution in [0.15, 0.2) is 0 Å². The molecule has 0 aromatic carbocycles. The third kappa shape index (κ3) is 1.04. The van der Waals surface area contributed by atoms with Gasteiger partial charge in [0.1, 0.15) is 0 Å². The molecule has 2 aliphatic carbocycles. The maximum absolute atomic E-state index is 11.2. The fourth-order valence-electron chi connectivity index (χ4n) is 2.74. The van der Waals surface area contributed by atoms with E-state index in [0.717, 1.165) is 19.3 Å². The zero-order valence-electron chi connectivity index (χ0n) is 7.19.